The van der Waals surface area contributed by atoms with Crippen molar-refractivity contribution in [2.45, 2.75) is 25.9 Å². The van der Waals surface area contributed by atoms with Gasteiger partial charge in [0.2, 0.25) is 0 Å². The van der Waals surface area contributed by atoms with Crippen LogP contribution >= 0.6 is 0 Å². The van der Waals surface area contributed by atoms with Crippen LogP contribution in [0.5, 0.6) is 0 Å². The normalized spacial score (nSPS) is 25.0. The Morgan fingerprint density at radius 3 is 2.67 bits per heavy atom. The van der Waals surface area contributed by atoms with Crippen molar-refractivity contribution >= 4 is 0 Å². The number of nitrogens with zero attached hydrogens (tertiary/aromatic N) is 1. The highest BCUT2D eigenvalue weighted by molar-refractivity contribution is 5.26. The van der Waals surface area contributed by atoms with Crippen LogP contribution in [-0.4, -0.2) is 29.6 Å². The van der Waals surface area contributed by atoms with Crippen molar-refractivity contribution in [1.29, 1.82) is 0 Å². The lowest BCUT2D eigenvalue weighted by molar-refractivity contribution is 0.0445. The van der Waals surface area contributed by atoms with E-state index >= 15 is 0 Å². The van der Waals surface area contributed by atoms with Gasteiger partial charge in [0.15, 0.2) is 11.6 Å². The molecule has 0 aromatic heterocycles. The van der Waals surface area contributed by atoms with E-state index < -0.39 is 17.2 Å². The molecule has 1 unspecified atom stereocenters. The van der Waals surface area contributed by atoms with Crippen LogP contribution < -0.4 is 0 Å². The van der Waals surface area contributed by atoms with E-state index in [9.17, 15) is 13.9 Å². The largest absolute Gasteiger partial charge is 0.384 e. The molecule has 1 saturated heterocycles. The second-order valence-corrected chi connectivity index (χ2v) is 5.54. The molecule has 0 aliphatic carbocycles. The van der Waals surface area contributed by atoms with Gasteiger partial charge in [0.05, 0.1) is 0 Å². The molecule has 2 rings (SSSR count). The number of β-amino-alcohol motifs (C(OH)–C–C–N with tert-alkyl or cyclic N) is 1. The number of halogens is 2. The number of rotatable bonds is 3. The summed E-state index contributed by atoms with van der Waals surface area (Å²) in [5, 5.41) is 10.5. The highest BCUT2D eigenvalue weighted by Crippen LogP contribution is 2.32. The summed E-state index contributed by atoms with van der Waals surface area (Å²) >= 11 is 0. The molecule has 1 fully saturated rings. The summed E-state index contributed by atoms with van der Waals surface area (Å²) in [6.45, 7) is 6.42. The Morgan fingerprint density at radius 2 is 2.06 bits per heavy atom. The lowest BCUT2D eigenvalue weighted by atomic mass is 9.93. The molecule has 1 aromatic carbocycles. The van der Waals surface area contributed by atoms with Gasteiger partial charge in [-0.05, 0) is 30.0 Å². The monoisotopic (exact) mass is 255 g/mol. The molecule has 1 aromatic rings. The quantitative estimate of drug-likeness (QED) is 0.897. The van der Waals surface area contributed by atoms with Gasteiger partial charge >= 0.3 is 0 Å². The lowest BCUT2D eigenvalue weighted by Crippen LogP contribution is -2.32. The third-order valence-corrected chi connectivity index (χ3v) is 3.41. The predicted octanol–water partition coefficient (Wildman–Crippen LogP) is 2.51. The first-order valence-electron chi connectivity index (χ1n) is 6.31. The Labute approximate surface area is 106 Å². The summed E-state index contributed by atoms with van der Waals surface area (Å²) in [5.41, 5.74) is -0.587. The van der Waals surface area contributed by atoms with Gasteiger partial charge in [0.25, 0.3) is 0 Å². The Hall–Kier alpha value is -1.00. The van der Waals surface area contributed by atoms with Crippen molar-refractivity contribution in [3.8, 4) is 0 Å². The molecule has 0 bridgehead atoms. The van der Waals surface area contributed by atoms with Gasteiger partial charge in [-0.1, -0.05) is 19.9 Å². The molecule has 0 radical (unpaired) electrons. The number of likely N-dealkylation sites (tertiary alicyclic amines) is 1. The molecule has 0 spiro atoms. The SMILES string of the molecule is CC(C)CN1CCC(O)(c2ccc(F)c(F)c2)C1. The van der Waals surface area contributed by atoms with Crippen molar-refractivity contribution < 1.29 is 13.9 Å². The molecule has 1 atom stereocenters. The zero-order valence-corrected chi connectivity index (χ0v) is 10.8. The standard InChI is InChI=1S/C14H19F2NO/c1-10(2)8-17-6-5-14(18,9-17)11-3-4-12(15)13(16)7-11/h3-4,7,10,18H,5-6,8-9H2,1-2H3. The van der Waals surface area contributed by atoms with Gasteiger partial charge in [-0.15, -0.1) is 0 Å². The molecule has 1 aliphatic rings. The summed E-state index contributed by atoms with van der Waals surface area (Å²) in [7, 11) is 0. The second kappa shape index (κ2) is 4.94. The number of aliphatic hydroxyl groups is 1. The van der Waals surface area contributed by atoms with Crippen LogP contribution in [0.4, 0.5) is 8.78 Å². The first kappa shape index (κ1) is 13.4. The van der Waals surface area contributed by atoms with Crippen LogP contribution in [0.2, 0.25) is 0 Å². The van der Waals surface area contributed by atoms with E-state index in [4.69, 9.17) is 0 Å². The molecular weight excluding hydrogens is 236 g/mol. The van der Waals surface area contributed by atoms with E-state index in [1.807, 2.05) is 0 Å². The first-order chi connectivity index (χ1) is 8.40. The molecule has 1 heterocycles. The van der Waals surface area contributed by atoms with Crippen molar-refractivity contribution in [2.24, 2.45) is 5.92 Å². The van der Waals surface area contributed by atoms with E-state index in [1.54, 1.807) is 0 Å². The average Bonchev–Trinajstić information content (AvgIpc) is 2.64. The van der Waals surface area contributed by atoms with Gasteiger partial charge in [-0.2, -0.15) is 0 Å². The van der Waals surface area contributed by atoms with Crippen LogP contribution in [0.25, 0.3) is 0 Å². The molecule has 1 N–H and O–H groups in total. The third kappa shape index (κ3) is 2.70. The number of hydrogen-bond donors (Lipinski definition) is 1. The van der Waals surface area contributed by atoms with E-state index in [0.29, 0.717) is 24.4 Å². The number of benzene rings is 1. The summed E-state index contributed by atoms with van der Waals surface area (Å²) in [4.78, 5) is 2.16. The first-order valence-corrected chi connectivity index (χ1v) is 6.31. The van der Waals surface area contributed by atoms with Crippen LogP contribution in [0.1, 0.15) is 25.8 Å². The maximum Gasteiger partial charge on any atom is 0.159 e. The Bertz CT molecular complexity index is 436. The molecule has 1 aliphatic heterocycles. The molecular formula is C14H19F2NO. The molecule has 0 amide bonds. The van der Waals surface area contributed by atoms with Crippen LogP contribution in [0.3, 0.4) is 0 Å². The minimum absolute atomic E-state index is 0.465. The van der Waals surface area contributed by atoms with Crippen molar-refractivity contribution in [1.82, 2.24) is 4.90 Å². The minimum Gasteiger partial charge on any atom is -0.384 e. The van der Waals surface area contributed by atoms with Crippen molar-refractivity contribution in [2.75, 3.05) is 19.6 Å². The smallest absolute Gasteiger partial charge is 0.159 e. The average molecular weight is 255 g/mol. The Balaban J connectivity index is 2.15. The Kier molecular flexibility index (Phi) is 3.69. The third-order valence-electron chi connectivity index (χ3n) is 3.41. The van der Waals surface area contributed by atoms with Crippen LogP contribution in [-0.2, 0) is 5.60 Å². The summed E-state index contributed by atoms with van der Waals surface area (Å²) in [6.07, 6.45) is 0.560. The van der Waals surface area contributed by atoms with E-state index in [0.717, 1.165) is 25.2 Å². The maximum absolute atomic E-state index is 13.2. The van der Waals surface area contributed by atoms with E-state index in [-0.39, 0.29) is 0 Å². The maximum atomic E-state index is 13.2. The van der Waals surface area contributed by atoms with Gasteiger partial charge in [-0.3, -0.25) is 4.90 Å². The highest BCUT2D eigenvalue weighted by Gasteiger charge is 2.38. The van der Waals surface area contributed by atoms with Gasteiger partial charge in [0.1, 0.15) is 5.60 Å². The molecule has 18 heavy (non-hydrogen) atoms. The second-order valence-electron chi connectivity index (χ2n) is 5.54. The van der Waals surface area contributed by atoms with Gasteiger partial charge < -0.3 is 5.11 Å². The van der Waals surface area contributed by atoms with Crippen LogP contribution in [0.15, 0.2) is 18.2 Å². The van der Waals surface area contributed by atoms with Crippen molar-refractivity contribution in [3.05, 3.63) is 35.4 Å². The molecule has 2 nitrogen and oxygen atoms in total. The topological polar surface area (TPSA) is 23.5 Å². The van der Waals surface area contributed by atoms with Gasteiger partial charge in [-0.25, -0.2) is 8.78 Å². The Morgan fingerprint density at radius 1 is 1.33 bits per heavy atom. The molecule has 0 saturated carbocycles. The number of hydrogen-bond acceptors (Lipinski definition) is 2. The molecule has 100 valence electrons. The van der Waals surface area contributed by atoms with E-state index in [1.165, 1.54) is 6.07 Å². The highest BCUT2D eigenvalue weighted by atomic mass is 19.2. The fraction of sp³-hybridized carbons (Fsp3) is 0.571. The molecule has 4 heteroatoms. The summed E-state index contributed by atoms with van der Waals surface area (Å²) in [5.74, 6) is -1.25. The predicted molar refractivity (Wildman–Crippen MR) is 66.1 cm³/mol. The van der Waals surface area contributed by atoms with Crippen LogP contribution in [0, 0.1) is 17.6 Å². The summed E-state index contributed by atoms with van der Waals surface area (Å²) in [6, 6.07) is 3.65. The summed E-state index contributed by atoms with van der Waals surface area (Å²) < 4.78 is 26.1. The fourth-order valence-electron chi connectivity index (χ4n) is 2.56. The zero-order chi connectivity index (χ0) is 13.3. The lowest BCUT2D eigenvalue weighted by Gasteiger charge is -2.25. The minimum atomic E-state index is -1.05. The van der Waals surface area contributed by atoms with E-state index in [2.05, 4.69) is 18.7 Å². The zero-order valence-electron chi connectivity index (χ0n) is 10.8. The van der Waals surface area contributed by atoms with Gasteiger partial charge in [0, 0.05) is 19.6 Å². The van der Waals surface area contributed by atoms with Crippen molar-refractivity contribution in [3.63, 3.8) is 0 Å². The fourth-order valence-corrected chi connectivity index (χ4v) is 2.56.